The number of amides is 1. The summed E-state index contributed by atoms with van der Waals surface area (Å²) in [5.41, 5.74) is 2.01. The van der Waals surface area contributed by atoms with Gasteiger partial charge in [0.15, 0.2) is 0 Å². The largest absolute Gasteiger partial charge is 0.379 e. The van der Waals surface area contributed by atoms with Crippen LogP contribution in [0.5, 0.6) is 0 Å². The number of carbonyl (C=O) groups is 1. The molecule has 134 valence electrons. The number of aryl methyl sites for hydroxylation is 2. The van der Waals surface area contributed by atoms with E-state index in [4.69, 9.17) is 4.74 Å². The van der Waals surface area contributed by atoms with E-state index in [9.17, 15) is 4.79 Å². The molecule has 6 heteroatoms. The summed E-state index contributed by atoms with van der Waals surface area (Å²) in [4.78, 5) is 17.6. The minimum atomic E-state index is -0.236. The summed E-state index contributed by atoms with van der Waals surface area (Å²) in [6.45, 7) is 13.5. The Labute approximate surface area is 144 Å². The molecule has 1 aromatic heterocycles. The number of morpholine rings is 1. The zero-order valence-electron chi connectivity index (χ0n) is 15.4. The van der Waals surface area contributed by atoms with Crippen LogP contribution in [0.25, 0.3) is 0 Å². The van der Waals surface area contributed by atoms with E-state index < -0.39 is 0 Å². The monoisotopic (exact) mass is 334 g/mol. The van der Waals surface area contributed by atoms with Crippen molar-refractivity contribution in [1.29, 1.82) is 0 Å². The Kier molecular flexibility index (Phi) is 5.25. The van der Waals surface area contributed by atoms with E-state index in [1.165, 1.54) is 0 Å². The van der Waals surface area contributed by atoms with E-state index in [1.54, 1.807) is 0 Å². The van der Waals surface area contributed by atoms with Crippen LogP contribution >= 0.6 is 0 Å². The summed E-state index contributed by atoms with van der Waals surface area (Å²) >= 11 is 0. The number of aromatic nitrogens is 2. The molecule has 2 aliphatic heterocycles. The Morgan fingerprint density at radius 3 is 2.62 bits per heavy atom. The molecule has 0 aromatic carbocycles. The van der Waals surface area contributed by atoms with Crippen LogP contribution in [0, 0.1) is 19.8 Å². The van der Waals surface area contributed by atoms with Crippen molar-refractivity contribution in [2.45, 2.75) is 46.2 Å². The van der Waals surface area contributed by atoms with E-state index in [1.807, 2.05) is 31.5 Å². The molecule has 3 rings (SSSR count). The number of rotatable bonds is 4. The zero-order valence-corrected chi connectivity index (χ0v) is 15.4. The number of nitrogens with zero attached hydrogens (tertiary/aromatic N) is 4. The van der Waals surface area contributed by atoms with Crippen LogP contribution in [0.1, 0.15) is 37.7 Å². The Balaban J connectivity index is 1.70. The Bertz CT molecular complexity index is 580. The van der Waals surface area contributed by atoms with Crippen LogP contribution in [0.4, 0.5) is 0 Å². The van der Waals surface area contributed by atoms with Crippen molar-refractivity contribution in [3.05, 3.63) is 17.5 Å². The lowest BCUT2D eigenvalue weighted by molar-refractivity contribution is -0.133. The minimum Gasteiger partial charge on any atom is -0.379 e. The molecule has 0 spiro atoms. The first-order chi connectivity index (χ1) is 11.5. The van der Waals surface area contributed by atoms with Crippen molar-refractivity contribution in [2.75, 3.05) is 39.4 Å². The summed E-state index contributed by atoms with van der Waals surface area (Å²) in [6.07, 6.45) is 1.11. The molecular formula is C18H30N4O2. The fourth-order valence-corrected chi connectivity index (χ4v) is 4.17. The number of likely N-dealkylation sites (tertiary alicyclic amines) is 1. The third-order valence-corrected chi connectivity index (χ3v) is 5.53. The highest BCUT2D eigenvalue weighted by Gasteiger charge is 2.39. The lowest BCUT2D eigenvalue weighted by Crippen LogP contribution is -2.47. The number of ether oxygens (including phenoxy) is 1. The first kappa shape index (κ1) is 17.4. The maximum atomic E-state index is 13.0. The summed E-state index contributed by atoms with van der Waals surface area (Å²) < 4.78 is 7.34. The molecular weight excluding hydrogens is 304 g/mol. The number of hydrogen-bond donors (Lipinski definition) is 0. The second-order valence-electron chi connectivity index (χ2n) is 7.17. The van der Waals surface area contributed by atoms with Crippen LogP contribution in [0.3, 0.4) is 0 Å². The van der Waals surface area contributed by atoms with Crippen molar-refractivity contribution >= 4 is 5.91 Å². The molecule has 1 aromatic rings. The van der Waals surface area contributed by atoms with Gasteiger partial charge in [-0.15, -0.1) is 0 Å². The molecule has 24 heavy (non-hydrogen) atoms. The number of hydrogen-bond acceptors (Lipinski definition) is 4. The van der Waals surface area contributed by atoms with Gasteiger partial charge in [0.2, 0.25) is 5.91 Å². The molecule has 2 fully saturated rings. The molecule has 0 N–H and O–H groups in total. The summed E-state index contributed by atoms with van der Waals surface area (Å²) in [6, 6.07) is 2.26. The van der Waals surface area contributed by atoms with E-state index >= 15 is 0 Å². The van der Waals surface area contributed by atoms with Gasteiger partial charge in [0.05, 0.1) is 18.9 Å². The fraction of sp³-hybridized carbons (Fsp3) is 0.778. The Morgan fingerprint density at radius 2 is 2.04 bits per heavy atom. The smallest absolute Gasteiger partial charge is 0.247 e. The third-order valence-electron chi connectivity index (χ3n) is 5.53. The van der Waals surface area contributed by atoms with Crippen molar-refractivity contribution in [3.63, 3.8) is 0 Å². The summed E-state index contributed by atoms with van der Waals surface area (Å²) in [5, 5.41) is 4.49. The fourth-order valence-electron chi connectivity index (χ4n) is 4.17. The predicted molar refractivity (Wildman–Crippen MR) is 93.0 cm³/mol. The molecule has 2 aliphatic rings. The normalized spacial score (nSPS) is 26.8. The molecule has 3 atom stereocenters. The minimum absolute atomic E-state index is 0.190. The molecule has 0 unspecified atom stereocenters. The van der Waals surface area contributed by atoms with Crippen molar-refractivity contribution in [1.82, 2.24) is 19.6 Å². The van der Waals surface area contributed by atoms with Gasteiger partial charge in [-0.25, -0.2) is 0 Å². The molecule has 1 amide bonds. The van der Waals surface area contributed by atoms with Crippen molar-refractivity contribution in [2.24, 2.45) is 5.92 Å². The van der Waals surface area contributed by atoms with Gasteiger partial charge in [0, 0.05) is 37.9 Å². The van der Waals surface area contributed by atoms with Crippen LogP contribution in [-0.2, 0) is 9.53 Å². The number of carbonyl (C=O) groups excluding carboxylic acids is 1. The molecule has 0 aliphatic carbocycles. The SMILES string of the molecule is CC[C@@H]1CN(C(=O)[C@H](C)n2nc(C)cc2C)C[C@H]1N1CCOCC1. The molecule has 6 nitrogen and oxygen atoms in total. The van der Waals surface area contributed by atoms with Crippen molar-refractivity contribution in [3.8, 4) is 0 Å². The van der Waals surface area contributed by atoms with E-state index in [0.717, 1.165) is 57.2 Å². The van der Waals surface area contributed by atoms with Gasteiger partial charge in [-0.3, -0.25) is 14.4 Å². The molecule has 0 saturated carbocycles. The summed E-state index contributed by atoms with van der Waals surface area (Å²) in [5.74, 6) is 0.745. The van der Waals surface area contributed by atoms with Gasteiger partial charge >= 0.3 is 0 Å². The third kappa shape index (κ3) is 3.35. The standard InChI is InChI=1S/C18H30N4O2/c1-5-16-11-21(12-17(16)20-6-8-24-9-7-20)18(23)15(4)22-14(3)10-13(2)19-22/h10,15-17H,5-9,11-12H2,1-4H3/t15-,16+,17+/m0/s1. The maximum Gasteiger partial charge on any atom is 0.247 e. The Morgan fingerprint density at radius 1 is 1.33 bits per heavy atom. The second-order valence-corrected chi connectivity index (χ2v) is 7.17. The lowest BCUT2D eigenvalue weighted by Gasteiger charge is -2.34. The average molecular weight is 334 g/mol. The first-order valence-corrected chi connectivity index (χ1v) is 9.14. The highest BCUT2D eigenvalue weighted by Crippen LogP contribution is 2.27. The highest BCUT2D eigenvalue weighted by atomic mass is 16.5. The quantitative estimate of drug-likeness (QED) is 0.840. The topological polar surface area (TPSA) is 50.6 Å². The molecule has 3 heterocycles. The van der Waals surface area contributed by atoms with E-state index in [-0.39, 0.29) is 11.9 Å². The predicted octanol–water partition coefficient (Wildman–Crippen LogP) is 1.63. The molecule has 2 saturated heterocycles. The van der Waals surface area contributed by atoms with Gasteiger partial charge < -0.3 is 9.64 Å². The Hall–Kier alpha value is -1.40. The van der Waals surface area contributed by atoms with Gasteiger partial charge in [0.25, 0.3) is 0 Å². The van der Waals surface area contributed by atoms with Crippen LogP contribution in [0.2, 0.25) is 0 Å². The lowest BCUT2D eigenvalue weighted by atomic mass is 9.99. The van der Waals surface area contributed by atoms with Gasteiger partial charge in [-0.05, 0) is 32.8 Å². The van der Waals surface area contributed by atoms with E-state index in [2.05, 4.69) is 21.8 Å². The maximum absolute atomic E-state index is 13.0. The van der Waals surface area contributed by atoms with Crippen molar-refractivity contribution < 1.29 is 9.53 Å². The second kappa shape index (κ2) is 7.23. The summed E-state index contributed by atoms with van der Waals surface area (Å²) in [7, 11) is 0. The van der Waals surface area contributed by atoms with Gasteiger partial charge in [-0.1, -0.05) is 13.3 Å². The van der Waals surface area contributed by atoms with E-state index in [0.29, 0.717) is 12.0 Å². The molecule has 0 bridgehead atoms. The van der Waals surface area contributed by atoms with Crippen LogP contribution in [0.15, 0.2) is 6.07 Å². The van der Waals surface area contributed by atoms with Gasteiger partial charge in [-0.2, -0.15) is 5.10 Å². The first-order valence-electron chi connectivity index (χ1n) is 9.14. The highest BCUT2D eigenvalue weighted by molar-refractivity contribution is 5.80. The zero-order chi connectivity index (χ0) is 17.3. The van der Waals surface area contributed by atoms with Crippen LogP contribution in [-0.4, -0.2) is 70.9 Å². The average Bonchev–Trinajstić information content (AvgIpc) is 3.17. The van der Waals surface area contributed by atoms with Crippen LogP contribution < -0.4 is 0 Å². The van der Waals surface area contributed by atoms with Gasteiger partial charge in [0.1, 0.15) is 6.04 Å². The molecule has 0 radical (unpaired) electrons.